The molecule has 130 valence electrons. The van der Waals surface area contributed by atoms with Crippen molar-refractivity contribution >= 4 is 31.9 Å². The maximum absolute atomic E-state index is 5.65. The summed E-state index contributed by atoms with van der Waals surface area (Å²) in [4.78, 5) is 2.47. The topological polar surface area (TPSA) is 50.4 Å². The zero-order valence-electron chi connectivity index (χ0n) is 14.1. The van der Waals surface area contributed by atoms with Crippen LogP contribution < -0.4 is 9.47 Å². The molecule has 24 heavy (non-hydrogen) atoms. The van der Waals surface area contributed by atoms with Crippen molar-refractivity contribution < 1.29 is 9.47 Å². The van der Waals surface area contributed by atoms with E-state index in [4.69, 9.17) is 9.47 Å². The van der Waals surface area contributed by atoms with Gasteiger partial charge in [-0.3, -0.25) is 10.00 Å². The molecule has 1 aromatic carbocycles. The first kappa shape index (κ1) is 17.8. The molecule has 0 saturated carbocycles. The van der Waals surface area contributed by atoms with Gasteiger partial charge in [0.1, 0.15) is 15.9 Å². The van der Waals surface area contributed by atoms with Crippen molar-refractivity contribution in [2.75, 3.05) is 27.3 Å². The van der Waals surface area contributed by atoms with Crippen LogP contribution in [0.25, 0.3) is 11.3 Å². The molecule has 2 aromatic rings. The number of hydrogen-bond donors (Lipinski definition) is 1. The average molecular weight is 459 g/mol. The number of rotatable bonds is 5. The fourth-order valence-corrected chi connectivity index (χ4v) is 4.83. The Morgan fingerprint density at radius 1 is 1.25 bits per heavy atom. The first-order chi connectivity index (χ1) is 11.6. The number of benzene rings is 1. The van der Waals surface area contributed by atoms with E-state index in [2.05, 4.69) is 53.9 Å². The molecule has 5 nitrogen and oxygen atoms in total. The summed E-state index contributed by atoms with van der Waals surface area (Å²) in [5, 5.41) is 7.81. The molecular weight excluding hydrogens is 438 g/mol. The average Bonchev–Trinajstić information content (AvgIpc) is 2.98. The number of fused-ring (bicyclic) bond motifs is 1. The number of halogens is 2. The monoisotopic (exact) mass is 457 g/mol. The van der Waals surface area contributed by atoms with Gasteiger partial charge in [0.15, 0.2) is 5.75 Å². The largest absolute Gasteiger partial charge is 0.495 e. The van der Waals surface area contributed by atoms with Crippen molar-refractivity contribution in [2.45, 2.75) is 26.3 Å². The lowest BCUT2D eigenvalue weighted by molar-refractivity contribution is 0.254. The number of methoxy groups -OCH3 is 2. The van der Waals surface area contributed by atoms with Gasteiger partial charge in [-0.25, -0.2) is 0 Å². The minimum atomic E-state index is 0.715. The second-order valence-electron chi connectivity index (χ2n) is 5.84. The van der Waals surface area contributed by atoms with Crippen molar-refractivity contribution in [2.24, 2.45) is 0 Å². The van der Waals surface area contributed by atoms with Gasteiger partial charge in [0.2, 0.25) is 0 Å². The number of aromatic nitrogens is 2. The summed E-state index contributed by atoms with van der Waals surface area (Å²) >= 11 is 7.17. The molecule has 0 aliphatic carbocycles. The summed E-state index contributed by atoms with van der Waals surface area (Å²) in [6.07, 6.45) is 2.16. The highest BCUT2D eigenvalue weighted by molar-refractivity contribution is 9.11. The Hall–Kier alpha value is -1.05. The normalized spacial score (nSPS) is 14.5. The van der Waals surface area contributed by atoms with Gasteiger partial charge in [-0.1, -0.05) is 6.92 Å². The first-order valence-electron chi connectivity index (χ1n) is 7.99. The quantitative estimate of drug-likeness (QED) is 0.721. The van der Waals surface area contributed by atoms with Crippen molar-refractivity contribution in [3.8, 4) is 22.8 Å². The maximum Gasteiger partial charge on any atom is 0.151 e. The van der Waals surface area contributed by atoms with Crippen molar-refractivity contribution in [1.29, 1.82) is 0 Å². The van der Waals surface area contributed by atoms with Gasteiger partial charge >= 0.3 is 0 Å². The smallest absolute Gasteiger partial charge is 0.151 e. The van der Waals surface area contributed by atoms with E-state index in [0.29, 0.717) is 5.75 Å². The van der Waals surface area contributed by atoms with Crippen LogP contribution in [0.2, 0.25) is 0 Å². The van der Waals surface area contributed by atoms with E-state index in [1.165, 1.54) is 11.3 Å². The Morgan fingerprint density at radius 2 is 2.00 bits per heavy atom. The molecule has 1 N–H and O–H groups in total. The van der Waals surface area contributed by atoms with Gasteiger partial charge in [-0.05, 0) is 50.9 Å². The Bertz CT molecular complexity index is 746. The van der Waals surface area contributed by atoms with E-state index < -0.39 is 0 Å². The number of nitrogens with zero attached hydrogens (tertiary/aromatic N) is 2. The summed E-state index contributed by atoms with van der Waals surface area (Å²) in [5.41, 5.74) is 4.39. The van der Waals surface area contributed by atoms with E-state index >= 15 is 0 Å². The summed E-state index contributed by atoms with van der Waals surface area (Å²) in [6, 6.07) is 2.01. The molecule has 0 bridgehead atoms. The lowest BCUT2D eigenvalue weighted by atomic mass is 10.00. The highest BCUT2D eigenvalue weighted by atomic mass is 79.9. The Morgan fingerprint density at radius 3 is 2.67 bits per heavy atom. The molecule has 3 rings (SSSR count). The molecule has 0 radical (unpaired) electrons. The van der Waals surface area contributed by atoms with Gasteiger partial charge in [0.05, 0.1) is 18.7 Å². The van der Waals surface area contributed by atoms with Gasteiger partial charge < -0.3 is 9.47 Å². The molecule has 1 aromatic heterocycles. The third kappa shape index (κ3) is 3.09. The number of hydrogen-bond acceptors (Lipinski definition) is 4. The fraction of sp³-hybridized carbons (Fsp3) is 0.471. The van der Waals surface area contributed by atoms with Crippen LogP contribution in [0, 0.1) is 0 Å². The molecular formula is C17H21Br2N3O2. The van der Waals surface area contributed by atoms with E-state index in [1.807, 2.05) is 6.07 Å². The second kappa shape index (κ2) is 7.45. The summed E-state index contributed by atoms with van der Waals surface area (Å²) in [5.74, 6) is 1.45. The van der Waals surface area contributed by atoms with Crippen LogP contribution in [0.15, 0.2) is 15.0 Å². The minimum absolute atomic E-state index is 0.715. The Balaban J connectivity index is 2.10. The zero-order chi connectivity index (χ0) is 17.3. The van der Waals surface area contributed by atoms with Crippen molar-refractivity contribution in [1.82, 2.24) is 15.1 Å². The SMILES string of the molecule is CCCN1CCc2[nH]nc(-c3cc(Br)c(OC)c(Br)c3OC)c2C1. The minimum Gasteiger partial charge on any atom is -0.495 e. The number of aromatic amines is 1. The van der Waals surface area contributed by atoms with E-state index in [0.717, 1.165) is 58.4 Å². The van der Waals surface area contributed by atoms with E-state index in [9.17, 15) is 0 Å². The van der Waals surface area contributed by atoms with Gasteiger partial charge in [-0.15, -0.1) is 0 Å². The standard InChI is InChI=1S/C17H21Br2N3O2/c1-4-6-22-7-5-13-11(9-22)15(21-20-13)10-8-12(18)17(24-3)14(19)16(10)23-2/h8H,4-7,9H2,1-3H3,(H,20,21). The molecule has 0 atom stereocenters. The highest BCUT2D eigenvalue weighted by Crippen LogP contribution is 2.47. The molecule has 2 heterocycles. The van der Waals surface area contributed by atoms with E-state index in [1.54, 1.807) is 14.2 Å². The van der Waals surface area contributed by atoms with Crippen LogP contribution in [0.4, 0.5) is 0 Å². The number of nitrogens with one attached hydrogen (secondary N) is 1. The molecule has 0 unspecified atom stereocenters. The predicted molar refractivity (Wildman–Crippen MR) is 102 cm³/mol. The van der Waals surface area contributed by atoms with Crippen LogP contribution in [-0.4, -0.2) is 42.4 Å². The van der Waals surface area contributed by atoms with Crippen LogP contribution >= 0.6 is 31.9 Å². The van der Waals surface area contributed by atoms with Gasteiger partial charge in [0, 0.05) is 36.3 Å². The lowest BCUT2D eigenvalue weighted by Gasteiger charge is -2.26. The molecule has 0 fully saturated rings. The molecule has 7 heteroatoms. The Kier molecular flexibility index (Phi) is 5.52. The fourth-order valence-electron chi connectivity index (χ4n) is 3.23. The van der Waals surface area contributed by atoms with Gasteiger partial charge in [-0.2, -0.15) is 5.10 Å². The third-order valence-corrected chi connectivity index (χ3v) is 5.66. The second-order valence-corrected chi connectivity index (χ2v) is 7.49. The van der Waals surface area contributed by atoms with Crippen LogP contribution in [0.5, 0.6) is 11.5 Å². The number of ether oxygens (including phenoxy) is 2. The highest BCUT2D eigenvalue weighted by Gasteiger charge is 2.26. The molecule has 1 aliphatic heterocycles. The zero-order valence-corrected chi connectivity index (χ0v) is 17.3. The maximum atomic E-state index is 5.65. The molecule has 0 saturated heterocycles. The summed E-state index contributed by atoms with van der Waals surface area (Å²) in [7, 11) is 3.31. The predicted octanol–water partition coefficient (Wildman–Crippen LogP) is 4.39. The van der Waals surface area contributed by atoms with Crippen LogP contribution in [0.3, 0.4) is 0 Å². The van der Waals surface area contributed by atoms with Crippen LogP contribution in [0.1, 0.15) is 24.6 Å². The Labute approximate surface area is 159 Å². The van der Waals surface area contributed by atoms with Crippen molar-refractivity contribution in [3.05, 3.63) is 26.3 Å². The molecule has 0 amide bonds. The van der Waals surface area contributed by atoms with Crippen molar-refractivity contribution in [3.63, 3.8) is 0 Å². The third-order valence-electron chi connectivity index (χ3n) is 4.35. The van der Waals surface area contributed by atoms with Gasteiger partial charge in [0.25, 0.3) is 0 Å². The molecule has 1 aliphatic rings. The number of H-pyrrole nitrogens is 1. The first-order valence-corrected chi connectivity index (χ1v) is 9.58. The lowest BCUT2D eigenvalue weighted by Crippen LogP contribution is -2.31. The summed E-state index contributed by atoms with van der Waals surface area (Å²) < 4.78 is 12.7. The van der Waals surface area contributed by atoms with E-state index in [-0.39, 0.29) is 0 Å². The van der Waals surface area contributed by atoms with Crippen LogP contribution in [-0.2, 0) is 13.0 Å². The summed E-state index contributed by atoms with van der Waals surface area (Å²) in [6.45, 7) is 5.32. The molecule has 0 spiro atoms.